The van der Waals surface area contributed by atoms with Crippen molar-refractivity contribution in [2.45, 2.75) is 23.9 Å². The van der Waals surface area contributed by atoms with Crippen LogP contribution in [0.4, 0.5) is 19.0 Å². The minimum Gasteiger partial charge on any atom is -0.384 e. The maximum absolute atomic E-state index is 12.7. The van der Waals surface area contributed by atoms with E-state index in [4.69, 9.17) is 5.73 Å². The quantitative estimate of drug-likeness (QED) is 0.901. The number of hydrogen-bond acceptors (Lipinski definition) is 4. The number of anilines is 1. The van der Waals surface area contributed by atoms with Gasteiger partial charge in [-0.25, -0.2) is 13.4 Å². The molecule has 112 valence electrons. The standard InChI is InChI=1S/C11H14F3N3O2S/c12-11(13,14)8-2-1-5-17(7-8)20(18,19)9-3-4-16-10(15)6-9/h3-4,6,8H,1-2,5,7H2,(H2,15,16). The van der Waals surface area contributed by atoms with Crippen molar-refractivity contribution in [3.05, 3.63) is 18.3 Å². The van der Waals surface area contributed by atoms with E-state index in [1.54, 1.807) is 0 Å². The molecule has 0 radical (unpaired) electrons. The van der Waals surface area contributed by atoms with E-state index in [1.807, 2.05) is 0 Å². The normalized spacial score (nSPS) is 21.9. The van der Waals surface area contributed by atoms with E-state index in [1.165, 1.54) is 12.3 Å². The molecule has 0 spiro atoms. The van der Waals surface area contributed by atoms with Crippen molar-refractivity contribution in [3.63, 3.8) is 0 Å². The molecule has 1 aliphatic heterocycles. The van der Waals surface area contributed by atoms with Crippen LogP contribution in [-0.4, -0.2) is 37.0 Å². The molecule has 1 aromatic rings. The molecule has 1 atom stereocenters. The van der Waals surface area contributed by atoms with Gasteiger partial charge in [-0.05, 0) is 18.9 Å². The summed E-state index contributed by atoms with van der Waals surface area (Å²) in [7, 11) is -3.96. The molecule has 2 heterocycles. The molecule has 2 N–H and O–H groups in total. The highest BCUT2D eigenvalue weighted by Crippen LogP contribution is 2.34. The third-order valence-electron chi connectivity index (χ3n) is 3.24. The number of nitrogens with zero attached hydrogens (tertiary/aromatic N) is 2. The molecule has 1 aliphatic rings. The van der Waals surface area contributed by atoms with Gasteiger partial charge in [0.05, 0.1) is 10.8 Å². The van der Waals surface area contributed by atoms with Crippen LogP contribution in [-0.2, 0) is 10.0 Å². The van der Waals surface area contributed by atoms with Crippen LogP contribution in [0.3, 0.4) is 0 Å². The first-order chi connectivity index (χ1) is 9.21. The summed E-state index contributed by atoms with van der Waals surface area (Å²) < 4.78 is 63.6. The van der Waals surface area contributed by atoms with E-state index in [2.05, 4.69) is 4.98 Å². The van der Waals surface area contributed by atoms with Crippen molar-refractivity contribution >= 4 is 15.8 Å². The average Bonchev–Trinajstić information content (AvgIpc) is 2.38. The number of aromatic nitrogens is 1. The van der Waals surface area contributed by atoms with Crippen LogP contribution in [0.25, 0.3) is 0 Å². The van der Waals surface area contributed by atoms with Crippen LogP contribution in [0.5, 0.6) is 0 Å². The van der Waals surface area contributed by atoms with Crippen LogP contribution in [0.2, 0.25) is 0 Å². The second-order valence-corrected chi connectivity index (χ2v) is 6.60. The monoisotopic (exact) mass is 309 g/mol. The number of alkyl halides is 3. The topological polar surface area (TPSA) is 76.3 Å². The molecule has 0 bridgehead atoms. The predicted octanol–water partition coefficient (Wildman–Crippen LogP) is 1.63. The zero-order chi connectivity index (χ0) is 15.0. The average molecular weight is 309 g/mol. The number of pyridine rings is 1. The first-order valence-corrected chi connectivity index (χ1v) is 7.43. The Morgan fingerprint density at radius 1 is 1.40 bits per heavy atom. The number of nitrogens with two attached hydrogens (primary N) is 1. The molecule has 9 heteroatoms. The fourth-order valence-electron chi connectivity index (χ4n) is 2.17. The number of hydrogen-bond donors (Lipinski definition) is 1. The zero-order valence-electron chi connectivity index (χ0n) is 10.5. The van der Waals surface area contributed by atoms with Crippen molar-refractivity contribution in [2.24, 2.45) is 5.92 Å². The molecule has 20 heavy (non-hydrogen) atoms. The Balaban J connectivity index is 2.26. The number of rotatable bonds is 2. The maximum Gasteiger partial charge on any atom is 0.393 e. The van der Waals surface area contributed by atoms with Gasteiger partial charge in [-0.15, -0.1) is 0 Å². The predicted molar refractivity (Wildman–Crippen MR) is 66.2 cm³/mol. The largest absolute Gasteiger partial charge is 0.393 e. The molecule has 0 aromatic carbocycles. The second-order valence-electron chi connectivity index (χ2n) is 4.66. The molecule has 1 unspecified atom stereocenters. The van der Waals surface area contributed by atoms with E-state index < -0.39 is 28.7 Å². The molecule has 1 saturated heterocycles. The highest BCUT2D eigenvalue weighted by molar-refractivity contribution is 7.89. The number of sulfonamides is 1. The first-order valence-electron chi connectivity index (χ1n) is 5.99. The van der Waals surface area contributed by atoms with Crippen LogP contribution in [0, 0.1) is 5.92 Å². The van der Waals surface area contributed by atoms with Crippen LogP contribution >= 0.6 is 0 Å². The third-order valence-corrected chi connectivity index (χ3v) is 5.10. The van der Waals surface area contributed by atoms with Crippen molar-refractivity contribution in [3.8, 4) is 0 Å². The van der Waals surface area contributed by atoms with Crippen molar-refractivity contribution in [1.82, 2.24) is 9.29 Å². The van der Waals surface area contributed by atoms with Gasteiger partial charge < -0.3 is 5.73 Å². The van der Waals surface area contributed by atoms with Gasteiger partial charge in [0, 0.05) is 25.4 Å². The second kappa shape index (κ2) is 5.21. The molecule has 1 aromatic heterocycles. The van der Waals surface area contributed by atoms with Crippen molar-refractivity contribution < 1.29 is 21.6 Å². The maximum atomic E-state index is 12.7. The van der Waals surface area contributed by atoms with Gasteiger partial charge in [-0.3, -0.25) is 0 Å². The zero-order valence-corrected chi connectivity index (χ0v) is 11.3. The lowest BCUT2D eigenvalue weighted by Crippen LogP contribution is -2.44. The van der Waals surface area contributed by atoms with Crippen LogP contribution < -0.4 is 5.73 Å². The van der Waals surface area contributed by atoms with Gasteiger partial charge in [0.2, 0.25) is 10.0 Å². The molecule has 2 rings (SSSR count). The summed E-state index contributed by atoms with van der Waals surface area (Å²) in [6.45, 7) is -0.467. The Kier molecular flexibility index (Phi) is 3.92. The minimum absolute atomic E-state index is 0.00968. The molecule has 5 nitrogen and oxygen atoms in total. The Labute approximate surface area is 114 Å². The summed E-state index contributed by atoms with van der Waals surface area (Å²) in [5.41, 5.74) is 5.41. The van der Waals surface area contributed by atoms with Gasteiger partial charge in [0.1, 0.15) is 5.82 Å². The number of halogens is 3. The lowest BCUT2D eigenvalue weighted by atomic mass is 9.99. The Morgan fingerprint density at radius 3 is 2.70 bits per heavy atom. The Morgan fingerprint density at radius 2 is 2.10 bits per heavy atom. The van der Waals surface area contributed by atoms with E-state index in [0.29, 0.717) is 0 Å². The molecule has 0 amide bonds. The fourth-order valence-corrected chi connectivity index (χ4v) is 3.71. The molecule has 1 fully saturated rings. The van der Waals surface area contributed by atoms with Gasteiger partial charge in [-0.2, -0.15) is 17.5 Å². The van der Waals surface area contributed by atoms with Crippen molar-refractivity contribution in [1.29, 1.82) is 0 Å². The lowest BCUT2D eigenvalue weighted by molar-refractivity contribution is -0.182. The smallest absolute Gasteiger partial charge is 0.384 e. The summed E-state index contributed by atoms with van der Waals surface area (Å²) >= 11 is 0. The van der Waals surface area contributed by atoms with Gasteiger partial charge in [0.15, 0.2) is 0 Å². The van der Waals surface area contributed by atoms with Gasteiger partial charge >= 0.3 is 6.18 Å². The summed E-state index contributed by atoms with van der Waals surface area (Å²) in [6.07, 6.45) is -3.03. The summed E-state index contributed by atoms with van der Waals surface area (Å²) in [5, 5.41) is 0. The van der Waals surface area contributed by atoms with Gasteiger partial charge in [0.25, 0.3) is 0 Å². The van der Waals surface area contributed by atoms with Crippen molar-refractivity contribution in [2.75, 3.05) is 18.8 Å². The Hall–Kier alpha value is -1.35. The summed E-state index contributed by atoms with van der Waals surface area (Å²) in [6, 6.07) is 2.37. The fraction of sp³-hybridized carbons (Fsp3) is 0.545. The van der Waals surface area contributed by atoms with Crippen LogP contribution in [0.15, 0.2) is 23.2 Å². The highest BCUT2D eigenvalue weighted by atomic mass is 32.2. The third kappa shape index (κ3) is 3.04. The summed E-state index contributed by atoms with van der Waals surface area (Å²) in [5.74, 6) is -1.61. The molecule has 0 aliphatic carbocycles. The lowest BCUT2D eigenvalue weighted by Gasteiger charge is -2.32. The van der Waals surface area contributed by atoms with E-state index in [0.717, 1.165) is 10.4 Å². The molecular formula is C11H14F3N3O2S. The highest BCUT2D eigenvalue weighted by Gasteiger charge is 2.44. The van der Waals surface area contributed by atoms with E-state index in [9.17, 15) is 21.6 Å². The number of nitrogen functional groups attached to an aromatic ring is 1. The van der Waals surface area contributed by atoms with Crippen LogP contribution in [0.1, 0.15) is 12.8 Å². The van der Waals surface area contributed by atoms with E-state index >= 15 is 0 Å². The van der Waals surface area contributed by atoms with Gasteiger partial charge in [-0.1, -0.05) is 0 Å². The Bertz CT molecular complexity index is 589. The number of piperidine rings is 1. The first kappa shape index (κ1) is 15.0. The minimum atomic E-state index is -4.38. The SMILES string of the molecule is Nc1cc(S(=O)(=O)N2CCCC(C(F)(F)F)C2)ccn1. The van der Waals surface area contributed by atoms with E-state index in [-0.39, 0.29) is 30.1 Å². The molecule has 0 saturated carbocycles. The molecular weight excluding hydrogens is 295 g/mol. The summed E-state index contributed by atoms with van der Waals surface area (Å²) in [4.78, 5) is 3.54.